The molecule has 0 fully saturated rings. The van der Waals surface area contributed by atoms with E-state index in [2.05, 4.69) is 5.32 Å². The number of aromatic carboxylic acids is 1. The fourth-order valence-electron chi connectivity index (χ4n) is 1.40. The topological polar surface area (TPSA) is 75.6 Å². The van der Waals surface area contributed by atoms with E-state index in [1.54, 1.807) is 6.92 Å². The average Bonchev–Trinajstić information content (AvgIpc) is 2.31. The summed E-state index contributed by atoms with van der Waals surface area (Å²) in [5.41, 5.74) is -0.131. The molecular formula is C12H13Cl2NO4. The summed E-state index contributed by atoms with van der Waals surface area (Å²) < 4.78 is 5.27. The molecule has 19 heavy (non-hydrogen) atoms. The highest BCUT2D eigenvalue weighted by Crippen LogP contribution is 2.32. The molecule has 0 radical (unpaired) electrons. The lowest BCUT2D eigenvalue weighted by Crippen LogP contribution is -2.24. The third-order valence-corrected chi connectivity index (χ3v) is 2.69. The van der Waals surface area contributed by atoms with E-state index in [0.717, 1.165) is 0 Å². The summed E-state index contributed by atoms with van der Waals surface area (Å²) >= 11 is 11.6. The van der Waals surface area contributed by atoms with Gasteiger partial charge in [-0.15, -0.1) is 0 Å². The summed E-state index contributed by atoms with van der Waals surface area (Å²) in [6.45, 7) is 2.37. The van der Waals surface area contributed by atoms with Gasteiger partial charge in [-0.05, 0) is 19.1 Å². The minimum Gasteiger partial charge on any atom is -0.491 e. The van der Waals surface area contributed by atoms with Crippen LogP contribution in [0.4, 0.5) is 0 Å². The Balaban J connectivity index is 2.77. The number of hydrogen-bond donors (Lipinski definition) is 2. The molecule has 104 valence electrons. The molecule has 0 aromatic heterocycles. The van der Waals surface area contributed by atoms with Crippen LogP contribution in [0.2, 0.25) is 10.0 Å². The van der Waals surface area contributed by atoms with Crippen molar-refractivity contribution in [2.24, 2.45) is 0 Å². The van der Waals surface area contributed by atoms with E-state index < -0.39 is 5.97 Å². The Morgan fingerprint density at radius 3 is 2.63 bits per heavy atom. The van der Waals surface area contributed by atoms with Crippen molar-refractivity contribution in [3.05, 3.63) is 27.7 Å². The normalized spacial score (nSPS) is 10.1. The van der Waals surface area contributed by atoms with Crippen molar-refractivity contribution < 1.29 is 19.4 Å². The van der Waals surface area contributed by atoms with Gasteiger partial charge in [-0.3, -0.25) is 4.79 Å². The first kappa shape index (κ1) is 15.6. The molecule has 0 heterocycles. The van der Waals surface area contributed by atoms with Crippen molar-refractivity contribution in [2.45, 2.75) is 13.3 Å². The number of carboxylic acids is 1. The van der Waals surface area contributed by atoms with Crippen LogP contribution in [0.25, 0.3) is 0 Å². The summed E-state index contributed by atoms with van der Waals surface area (Å²) in [6.07, 6.45) is 0.117. The number of ether oxygens (including phenoxy) is 1. The molecule has 0 aliphatic carbocycles. The average molecular weight is 306 g/mol. The first-order valence-electron chi connectivity index (χ1n) is 5.57. The van der Waals surface area contributed by atoms with Gasteiger partial charge in [-0.25, -0.2) is 4.79 Å². The lowest BCUT2D eigenvalue weighted by molar-refractivity contribution is -0.121. The maximum atomic E-state index is 11.2. The maximum Gasteiger partial charge on any atom is 0.339 e. The van der Waals surface area contributed by atoms with E-state index >= 15 is 0 Å². The second-order valence-electron chi connectivity index (χ2n) is 3.62. The molecule has 1 rings (SSSR count). The molecule has 1 aromatic carbocycles. The molecular weight excluding hydrogens is 293 g/mol. The zero-order valence-corrected chi connectivity index (χ0v) is 11.7. The fraction of sp³-hybridized carbons (Fsp3) is 0.333. The molecule has 1 amide bonds. The van der Waals surface area contributed by atoms with Crippen LogP contribution < -0.4 is 10.1 Å². The summed E-state index contributed by atoms with van der Waals surface area (Å²) in [6, 6.07) is 2.63. The second-order valence-corrected chi connectivity index (χ2v) is 4.47. The first-order valence-corrected chi connectivity index (χ1v) is 6.33. The number of carbonyl (C=O) groups excluding carboxylic acids is 1. The molecule has 0 atom stereocenters. The van der Waals surface area contributed by atoms with E-state index in [1.807, 2.05) is 0 Å². The Bertz CT molecular complexity index is 491. The van der Waals surface area contributed by atoms with E-state index in [9.17, 15) is 9.59 Å². The highest BCUT2D eigenvalue weighted by Gasteiger charge is 2.16. The van der Waals surface area contributed by atoms with E-state index in [-0.39, 0.29) is 40.3 Å². The maximum absolute atomic E-state index is 11.2. The molecule has 1 aromatic rings. The number of rotatable bonds is 6. The van der Waals surface area contributed by atoms with Gasteiger partial charge < -0.3 is 15.2 Å². The smallest absolute Gasteiger partial charge is 0.339 e. The van der Waals surface area contributed by atoms with E-state index in [0.29, 0.717) is 6.54 Å². The highest BCUT2D eigenvalue weighted by atomic mass is 35.5. The Morgan fingerprint density at radius 1 is 1.37 bits per heavy atom. The predicted molar refractivity (Wildman–Crippen MR) is 72.2 cm³/mol. The van der Waals surface area contributed by atoms with Crippen LogP contribution in [0.3, 0.4) is 0 Å². The quantitative estimate of drug-likeness (QED) is 0.847. The number of carboxylic acid groups (broad SMARTS) is 1. The summed E-state index contributed by atoms with van der Waals surface area (Å²) in [5.74, 6) is -1.36. The summed E-state index contributed by atoms with van der Waals surface area (Å²) in [5, 5.41) is 11.9. The molecule has 7 heteroatoms. The van der Waals surface area contributed by atoms with Crippen LogP contribution in [-0.2, 0) is 4.79 Å². The fourth-order valence-corrected chi connectivity index (χ4v) is 1.95. The van der Waals surface area contributed by atoms with Crippen molar-refractivity contribution in [3.63, 3.8) is 0 Å². The highest BCUT2D eigenvalue weighted by molar-refractivity contribution is 6.36. The minimum atomic E-state index is -1.20. The van der Waals surface area contributed by atoms with Crippen LogP contribution in [0.1, 0.15) is 23.7 Å². The van der Waals surface area contributed by atoms with Gasteiger partial charge in [0.15, 0.2) is 5.75 Å². The molecule has 0 saturated carbocycles. The molecule has 0 saturated heterocycles. The number of benzene rings is 1. The molecule has 0 spiro atoms. The van der Waals surface area contributed by atoms with Gasteiger partial charge in [0.2, 0.25) is 5.91 Å². The second kappa shape index (κ2) is 7.21. The van der Waals surface area contributed by atoms with Gasteiger partial charge in [0.1, 0.15) is 5.56 Å². The largest absolute Gasteiger partial charge is 0.491 e. The van der Waals surface area contributed by atoms with Crippen LogP contribution in [0.5, 0.6) is 5.75 Å². The summed E-state index contributed by atoms with van der Waals surface area (Å²) in [7, 11) is 0. The number of amides is 1. The Morgan fingerprint density at radius 2 is 2.05 bits per heavy atom. The zero-order valence-electron chi connectivity index (χ0n) is 10.2. The first-order chi connectivity index (χ1) is 8.95. The van der Waals surface area contributed by atoms with Gasteiger partial charge in [0, 0.05) is 11.6 Å². The van der Waals surface area contributed by atoms with Crippen molar-refractivity contribution in [1.29, 1.82) is 0 Å². The van der Waals surface area contributed by atoms with Crippen molar-refractivity contribution >= 4 is 35.1 Å². The molecule has 0 unspecified atom stereocenters. The van der Waals surface area contributed by atoms with Crippen LogP contribution >= 0.6 is 23.2 Å². The van der Waals surface area contributed by atoms with E-state index in [1.165, 1.54) is 12.1 Å². The van der Waals surface area contributed by atoms with Crippen LogP contribution in [0, 0.1) is 0 Å². The Hall–Kier alpha value is -1.46. The number of carbonyl (C=O) groups is 2. The van der Waals surface area contributed by atoms with Crippen molar-refractivity contribution in [2.75, 3.05) is 13.2 Å². The molecule has 0 aliphatic rings. The predicted octanol–water partition coefficient (Wildman–Crippen LogP) is 2.60. The van der Waals surface area contributed by atoms with Gasteiger partial charge >= 0.3 is 5.97 Å². The molecule has 5 nitrogen and oxygen atoms in total. The summed E-state index contributed by atoms with van der Waals surface area (Å²) in [4.78, 5) is 22.3. The lowest BCUT2D eigenvalue weighted by atomic mass is 10.2. The number of nitrogens with one attached hydrogen (secondary N) is 1. The molecule has 0 aliphatic heterocycles. The molecule has 0 bridgehead atoms. The number of hydrogen-bond acceptors (Lipinski definition) is 3. The van der Waals surface area contributed by atoms with Crippen molar-refractivity contribution in [3.8, 4) is 5.75 Å². The van der Waals surface area contributed by atoms with Crippen molar-refractivity contribution in [1.82, 2.24) is 5.32 Å². The molecule has 2 N–H and O–H groups in total. The van der Waals surface area contributed by atoms with Crippen LogP contribution in [0.15, 0.2) is 12.1 Å². The SMILES string of the molecule is CCNC(=O)CCOc1c(Cl)cc(Cl)cc1C(=O)O. The van der Waals surface area contributed by atoms with E-state index in [4.69, 9.17) is 33.0 Å². The monoisotopic (exact) mass is 305 g/mol. The Labute approximate surface area is 120 Å². The van der Waals surface area contributed by atoms with Gasteiger partial charge in [-0.1, -0.05) is 23.2 Å². The standard InChI is InChI=1S/C12H13Cl2NO4/c1-2-15-10(16)3-4-19-11-8(12(17)18)5-7(13)6-9(11)14/h5-6H,2-4H2,1H3,(H,15,16)(H,17,18). The lowest BCUT2D eigenvalue weighted by Gasteiger charge is -2.11. The number of halogens is 2. The van der Waals surface area contributed by atoms with Gasteiger partial charge in [0.05, 0.1) is 18.1 Å². The third-order valence-electron chi connectivity index (χ3n) is 2.19. The Kier molecular flexibility index (Phi) is 5.92. The minimum absolute atomic E-state index is 0.0165. The van der Waals surface area contributed by atoms with Crippen LogP contribution in [-0.4, -0.2) is 30.1 Å². The van der Waals surface area contributed by atoms with Gasteiger partial charge in [-0.2, -0.15) is 0 Å². The van der Waals surface area contributed by atoms with Gasteiger partial charge in [0.25, 0.3) is 0 Å². The third kappa shape index (κ3) is 4.61. The zero-order chi connectivity index (χ0) is 14.4.